The lowest BCUT2D eigenvalue weighted by Gasteiger charge is -2.31. The number of nitrogen functional groups attached to an aromatic ring is 1. The number of hydrogen-bond donors (Lipinski definition) is 1. The van der Waals surface area contributed by atoms with Crippen molar-refractivity contribution in [2.45, 2.75) is 0 Å². The van der Waals surface area contributed by atoms with Gasteiger partial charge in [-0.3, -0.25) is 4.79 Å². The van der Waals surface area contributed by atoms with Crippen LogP contribution >= 0.6 is 0 Å². The Morgan fingerprint density at radius 2 is 1.70 bits per heavy atom. The van der Waals surface area contributed by atoms with Gasteiger partial charge in [0.05, 0.1) is 44.8 Å². The van der Waals surface area contributed by atoms with E-state index in [-0.39, 0.29) is 5.91 Å². The summed E-state index contributed by atoms with van der Waals surface area (Å²) >= 11 is 0. The van der Waals surface area contributed by atoms with Crippen LogP contribution in [0.4, 0.5) is 11.4 Å². The molecule has 1 aromatic rings. The summed E-state index contributed by atoms with van der Waals surface area (Å²) in [4.78, 5) is 16.7. The molecule has 0 radical (unpaired) electrons. The van der Waals surface area contributed by atoms with Gasteiger partial charge in [0.25, 0.3) is 5.91 Å². The fourth-order valence-corrected chi connectivity index (χ4v) is 2.92. The molecule has 3 rings (SSSR count). The third-order valence-corrected chi connectivity index (χ3v) is 4.23. The van der Waals surface area contributed by atoms with Crippen molar-refractivity contribution in [3.8, 4) is 5.75 Å². The van der Waals surface area contributed by atoms with Crippen LogP contribution in [-0.2, 0) is 9.47 Å². The quantitative estimate of drug-likeness (QED) is 0.821. The minimum atomic E-state index is -0.0528. The number of methoxy groups -OCH3 is 1. The number of amides is 1. The molecule has 2 heterocycles. The summed E-state index contributed by atoms with van der Waals surface area (Å²) in [6, 6.07) is 3.58. The van der Waals surface area contributed by atoms with Crippen LogP contribution in [0.1, 0.15) is 10.4 Å². The molecule has 2 N–H and O–H groups in total. The number of carbonyl (C=O) groups excluding carboxylic acids is 1. The van der Waals surface area contributed by atoms with E-state index in [1.165, 1.54) is 0 Å². The fraction of sp³-hybridized carbons (Fsp3) is 0.562. The molecule has 0 unspecified atom stereocenters. The summed E-state index contributed by atoms with van der Waals surface area (Å²) in [7, 11) is 1.61. The number of nitrogens with two attached hydrogens (primary N) is 1. The number of carbonyl (C=O) groups is 1. The van der Waals surface area contributed by atoms with Crippen molar-refractivity contribution in [1.29, 1.82) is 0 Å². The summed E-state index contributed by atoms with van der Waals surface area (Å²) in [6.45, 7) is 5.20. The molecule has 2 aliphatic rings. The third kappa shape index (κ3) is 3.35. The van der Waals surface area contributed by atoms with Gasteiger partial charge < -0.3 is 29.7 Å². The molecule has 7 nitrogen and oxygen atoms in total. The number of ether oxygens (including phenoxy) is 3. The number of rotatable bonds is 3. The molecule has 0 spiro atoms. The second-order valence-electron chi connectivity index (χ2n) is 5.62. The summed E-state index contributed by atoms with van der Waals surface area (Å²) < 4.78 is 16.2. The van der Waals surface area contributed by atoms with Crippen LogP contribution < -0.4 is 15.4 Å². The first kappa shape index (κ1) is 15.9. The van der Waals surface area contributed by atoms with Gasteiger partial charge in [-0.05, 0) is 6.07 Å². The molecule has 0 atom stereocenters. The van der Waals surface area contributed by atoms with Gasteiger partial charge >= 0.3 is 0 Å². The average molecular weight is 321 g/mol. The van der Waals surface area contributed by atoms with Crippen LogP contribution in [0.15, 0.2) is 12.1 Å². The molecule has 0 aliphatic carbocycles. The molecular formula is C16H23N3O4. The molecule has 1 amide bonds. The van der Waals surface area contributed by atoms with Gasteiger partial charge in [0, 0.05) is 37.9 Å². The second-order valence-corrected chi connectivity index (χ2v) is 5.62. The highest BCUT2D eigenvalue weighted by Crippen LogP contribution is 2.34. The Bertz CT molecular complexity index is 567. The van der Waals surface area contributed by atoms with E-state index in [2.05, 4.69) is 4.90 Å². The number of nitrogens with zero attached hydrogens (tertiary/aromatic N) is 2. The normalized spacial score (nSPS) is 18.8. The Morgan fingerprint density at radius 3 is 2.30 bits per heavy atom. The zero-order valence-electron chi connectivity index (χ0n) is 13.4. The predicted octanol–water partition coefficient (Wildman–Crippen LogP) is 0.586. The standard InChI is InChI=1S/C16H23N3O4/c1-21-15-11-13(17)12(16(20)19-4-8-23-9-5-19)10-14(15)18-2-6-22-7-3-18/h10-11H,2-9,17H2,1H3. The molecule has 126 valence electrons. The van der Waals surface area contributed by atoms with Crippen molar-refractivity contribution in [1.82, 2.24) is 4.90 Å². The lowest BCUT2D eigenvalue weighted by molar-refractivity contribution is 0.0303. The Hall–Kier alpha value is -1.99. The molecule has 23 heavy (non-hydrogen) atoms. The minimum Gasteiger partial charge on any atom is -0.495 e. The van der Waals surface area contributed by atoms with Gasteiger partial charge in [-0.15, -0.1) is 0 Å². The van der Waals surface area contributed by atoms with Gasteiger partial charge in [0.2, 0.25) is 0 Å². The average Bonchev–Trinajstić information content (AvgIpc) is 2.62. The van der Waals surface area contributed by atoms with Crippen molar-refractivity contribution < 1.29 is 19.0 Å². The molecule has 7 heteroatoms. The lowest BCUT2D eigenvalue weighted by Crippen LogP contribution is -2.41. The highest BCUT2D eigenvalue weighted by atomic mass is 16.5. The van der Waals surface area contributed by atoms with E-state index < -0.39 is 0 Å². The fourth-order valence-electron chi connectivity index (χ4n) is 2.92. The third-order valence-electron chi connectivity index (χ3n) is 4.23. The van der Waals surface area contributed by atoms with Crippen molar-refractivity contribution in [2.75, 3.05) is 70.3 Å². The van der Waals surface area contributed by atoms with Crippen LogP contribution in [0.3, 0.4) is 0 Å². The van der Waals surface area contributed by atoms with Gasteiger partial charge in [0.15, 0.2) is 0 Å². The topological polar surface area (TPSA) is 77.3 Å². The summed E-state index contributed by atoms with van der Waals surface area (Å²) in [5.74, 6) is 0.630. The van der Waals surface area contributed by atoms with Gasteiger partial charge in [-0.25, -0.2) is 0 Å². The maximum absolute atomic E-state index is 12.8. The largest absolute Gasteiger partial charge is 0.495 e. The first-order chi connectivity index (χ1) is 11.2. The molecule has 1 aromatic carbocycles. The van der Waals surface area contributed by atoms with Gasteiger partial charge in [-0.2, -0.15) is 0 Å². The van der Waals surface area contributed by atoms with E-state index in [9.17, 15) is 4.79 Å². The number of benzene rings is 1. The highest BCUT2D eigenvalue weighted by Gasteiger charge is 2.24. The number of hydrogen-bond acceptors (Lipinski definition) is 6. The SMILES string of the molecule is COc1cc(N)c(C(=O)N2CCOCC2)cc1N1CCOCC1. The Balaban J connectivity index is 1.91. The Kier molecular flexibility index (Phi) is 4.88. The van der Waals surface area contributed by atoms with E-state index in [1.807, 2.05) is 6.07 Å². The lowest BCUT2D eigenvalue weighted by atomic mass is 10.1. The zero-order valence-corrected chi connectivity index (χ0v) is 13.4. The van der Waals surface area contributed by atoms with Crippen LogP contribution in [0.2, 0.25) is 0 Å². The van der Waals surface area contributed by atoms with Crippen LogP contribution in [-0.4, -0.2) is 70.5 Å². The molecule has 0 bridgehead atoms. The van der Waals surface area contributed by atoms with Crippen LogP contribution in [0, 0.1) is 0 Å². The molecule has 2 aliphatic heterocycles. The van der Waals surface area contributed by atoms with Crippen LogP contribution in [0.5, 0.6) is 5.75 Å². The van der Waals surface area contributed by atoms with E-state index in [0.717, 1.165) is 18.8 Å². The van der Waals surface area contributed by atoms with Crippen molar-refractivity contribution in [3.05, 3.63) is 17.7 Å². The number of anilines is 2. The Morgan fingerprint density at radius 1 is 1.09 bits per heavy atom. The van der Waals surface area contributed by atoms with Crippen molar-refractivity contribution in [3.63, 3.8) is 0 Å². The number of morpholine rings is 2. The smallest absolute Gasteiger partial charge is 0.256 e. The highest BCUT2D eigenvalue weighted by molar-refractivity contribution is 6.01. The minimum absolute atomic E-state index is 0.0528. The zero-order chi connectivity index (χ0) is 16.2. The Labute approximate surface area is 135 Å². The second kappa shape index (κ2) is 7.06. The maximum atomic E-state index is 12.8. The summed E-state index contributed by atoms with van der Waals surface area (Å²) in [6.07, 6.45) is 0. The first-order valence-electron chi connectivity index (χ1n) is 7.88. The maximum Gasteiger partial charge on any atom is 0.256 e. The van der Waals surface area contributed by atoms with Crippen LogP contribution in [0.25, 0.3) is 0 Å². The van der Waals surface area contributed by atoms with E-state index >= 15 is 0 Å². The monoisotopic (exact) mass is 321 g/mol. The predicted molar refractivity (Wildman–Crippen MR) is 87.2 cm³/mol. The summed E-state index contributed by atoms with van der Waals surface area (Å²) in [5, 5.41) is 0. The molecule has 0 aromatic heterocycles. The van der Waals surface area contributed by atoms with E-state index in [4.69, 9.17) is 19.9 Å². The molecule has 2 saturated heterocycles. The van der Waals surface area contributed by atoms with Crippen molar-refractivity contribution in [2.24, 2.45) is 0 Å². The van der Waals surface area contributed by atoms with Gasteiger partial charge in [-0.1, -0.05) is 0 Å². The first-order valence-corrected chi connectivity index (χ1v) is 7.88. The van der Waals surface area contributed by atoms with E-state index in [0.29, 0.717) is 56.5 Å². The molecular weight excluding hydrogens is 298 g/mol. The van der Waals surface area contributed by atoms with Gasteiger partial charge in [0.1, 0.15) is 5.75 Å². The summed E-state index contributed by atoms with van der Waals surface area (Å²) in [5.41, 5.74) is 7.95. The van der Waals surface area contributed by atoms with Crippen molar-refractivity contribution >= 4 is 17.3 Å². The molecule has 2 fully saturated rings. The molecule has 0 saturated carbocycles. The van der Waals surface area contributed by atoms with E-state index in [1.54, 1.807) is 18.1 Å².